The zero-order chi connectivity index (χ0) is 30.2. The number of ether oxygens (including phenoxy) is 1. The summed E-state index contributed by atoms with van der Waals surface area (Å²) in [5, 5.41) is 16.8. The molecule has 0 saturated heterocycles. The van der Waals surface area contributed by atoms with Crippen LogP contribution in [0.1, 0.15) is 24.7 Å². The Bertz CT molecular complexity index is 1480. The van der Waals surface area contributed by atoms with Crippen molar-refractivity contribution in [3.8, 4) is 17.6 Å². The number of thiol groups is 1. The van der Waals surface area contributed by atoms with Gasteiger partial charge in [-0.3, -0.25) is 4.79 Å². The predicted octanol–water partition coefficient (Wildman–Crippen LogP) is 7.31. The van der Waals surface area contributed by atoms with Gasteiger partial charge in [0.15, 0.2) is 0 Å². The van der Waals surface area contributed by atoms with Gasteiger partial charge in [0.2, 0.25) is 0 Å². The Morgan fingerprint density at radius 1 is 0.854 bits per heavy atom. The first-order chi connectivity index (χ1) is 19.5. The van der Waals surface area contributed by atoms with E-state index in [1.807, 2.05) is 54.6 Å². The number of para-hydroxylation sites is 2. The van der Waals surface area contributed by atoms with E-state index in [1.54, 1.807) is 71.0 Å². The second-order valence-corrected chi connectivity index (χ2v) is 9.35. The molecule has 0 bridgehead atoms. The van der Waals surface area contributed by atoms with Gasteiger partial charge in [-0.1, -0.05) is 78.4 Å². The van der Waals surface area contributed by atoms with Gasteiger partial charge in [0.25, 0.3) is 4.74 Å². The van der Waals surface area contributed by atoms with Gasteiger partial charge in [-0.15, -0.1) is 12.6 Å². The standard InChI is InChI=1S/C13H10O2S.C7H4OS2.C6H6O.C2H3N.CH4.2Na.S2/c14-13(11-8-4-5-9-12(11)16)15-10-6-2-1-3-7-10;8-7-5-3-1-2-4-6(5)9-10-7;7-6-4-2-1-3-5-6;1-2-3;;;;1-2/h1-9,16H;1-4H;1-5,7H;1H3;1H4;;;. The molecule has 1 N–H and O–H groups in total. The maximum atomic E-state index is 11.8. The molecule has 0 fully saturated rings. The molecule has 0 aliphatic rings. The average molecular weight is 660 g/mol. The van der Waals surface area contributed by atoms with Gasteiger partial charge in [0.1, 0.15) is 11.5 Å². The Morgan fingerprint density at radius 3 is 1.80 bits per heavy atom. The molecule has 0 aliphatic heterocycles. The topological polar surface area (TPSA) is 87.4 Å². The summed E-state index contributed by atoms with van der Waals surface area (Å²) < 4.78 is 6.47. The van der Waals surface area contributed by atoms with Crippen LogP contribution in [0.5, 0.6) is 11.5 Å². The minimum atomic E-state index is -0.392. The van der Waals surface area contributed by atoms with E-state index in [9.17, 15) is 9.59 Å². The Hall–Kier alpha value is -1.46. The van der Waals surface area contributed by atoms with Crippen molar-refractivity contribution in [2.24, 2.45) is 0 Å². The fourth-order valence-corrected chi connectivity index (χ4v) is 4.90. The van der Waals surface area contributed by atoms with E-state index in [2.05, 4.69) is 35.0 Å². The Labute approximate surface area is 292 Å². The second kappa shape index (κ2) is 27.4. The van der Waals surface area contributed by atoms with Gasteiger partial charge in [-0.25, -0.2) is 4.79 Å². The number of aromatic hydroxyl groups is 1. The monoisotopic (exact) mass is 659 g/mol. The van der Waals surface area contributed by atoms with Crippen LogP contribution in [0, 0.1) is 11.3 Å². The Morgan fingerprint density at radius 2 is 1.32 bits per heavy atom. The number of phenols is 1. The molecular formula is C29H27NNa2O4S5. The minimum absolute atomic E-state index is 0. The fraction of sp³-hybridized carbons (Fsp3) is 0.0690. The number of phenolic OH excluding ortho intramolecular Hbond substituents is 1. The Balaban J connectivity index is 0. The molecule has 1 aromatic heterocycles. The summed E-state index contributed by atoms with van der Waals surface area (Å²) in [5.74, 6) is 0.461. The van der Waals surface area contributed by atoms with Gasteiger partial charge in [-0.2, -0.15) is 5.26 Å². The molecule has 5 rings (SSSR count). The molecule has 1 heterocycles. The van der Waals surface area contributed by atoms with Crippen molar-refractivity contribution in [3.05, 3.63) is 124 Å². The number of carbonyl (C=O) groups is 1. The molecule has 0 unspecified atom stereocenters. The van der Waals surface area contributed by atoms with Crippen LogP contribution in [0.25, 0.3) is 10.1 Å². The van der Waals surface area contributed by atoms with E-state index in [4.69, 9.17) is 15.1 Å². The number of esters is 1. The summed E-state index contributed by atoms with van der Waals surface area (Å²) in [6.45, 7) is 1.43. The van der Waals surface area contributed by atoms with Crippen LogP contribution >= 0.6 is 33.3 Å². The van der Waals surface area contributed by atoms with Gasteiger partial charge in [0, 0.05) is 38.9 Å². The molecule has 0 saturated carbocycles. The molecule has 0 radical (unpaired) electrons. The molecular weight excluding hydrogens is 633 g/mol. The van der Waals surface area contributed by atoms with Gasteiger partial charge < -0.3 is 9.84 Å². The van der Waals surface area contributed by atoms with Crippen molar-refractivity contribution in [2.75, 3.05) is 0 Å². The zero-order valence-electron chi connectivity index (χ0n) is 22.1. The number of fused-ring (bicyclic) bond motifs is 1. The van der Waals surface area contributed by atoms with Crippen molar-refractivity contribution >= 4 is 115 Å². The molecule has 41 heavy (non-hydrogen) atoms. The van der Waals surface area contributed by atoms with Crippen molar-refractivity contribution < 1.29 is 14.6 Å². The van der Waals surface area contributed by atoms with Gasteiger partial charge in [-0.05, 0) is 58.9 Å². The second-order valence-electron chi connectivity index (χ2n) is 6.73. The van der Waals surface area contributed by atoms with Gasteiger partial charge in [0.05, 0.1) is 17.0 Å². The molecule has 0 spiro atoms. The van der Waals surface area contributed by atoms with Gasteiger partial charge >= 0.3 is 49.6 Å². The number of hydrogen-bond donors (Lipinski definition) is 2. The van der Waals surface area contributed by atoms with E-state index in [1.165, 1.54) is 60.9 Å². The number of benzene rings is 4. The first kappa shape index (κ1) is 41.7. The average Bonchev–Trinajstić information content (AvgIpc) is 3.38. The summed E-state index contributed by atoms with van der Waals surface area (Å²) in [5.41, 5.74) is 0.467. The molecule has 204 valence electrons. The number of nitrogens with zero attached hydrogens (tertiary/aromatic N) is 1. The van der Waals surface area contributed by atoms with Crippen LogP contribution < -0.4 is 9.48 Å². The molecule has 5 aromatic rings. The number of nitriles is 1. The predicted molar refractivity (Wildman–Crippen MR) is 183 cm³/mol. The SMILES string of the molecule is C.CC#N.O=C(Oc1ccccc1)c1ccccc1S.O=c1ssc2ccccc12.Oc1ccccc1.S=S.[Na][Na]. The third-order valence-electron chi connectivity index (χ3n) is 4.15. The van der Waals surface area contributed by atoms with Crippen LogP contribution in [0.15, 0.2) is 119 Å². The van der Waals surface area contributed by atoms with Crippen molar-refractivity contribution in [2.45, 2.75) is 19.2 Å². The first-order valence-electron chi connectivity index (χ1n) is 11.7. The Kier molecular flexibility index (Phi) is 27.8. The van der Waals surface area contributed by atoms with E-state index in [-0.39, 0.29) is 12.2 Å². The van der Waals surface area contributed by atoms with Crippen molar-refractivity contribution in [3.63, 3.8) is 0 Å². The third kappa shape index (κ3) is 18.0. The van der Waals surface area contributed by atoms with Crippen LogP contribution in [0.3, 0.4) is 0 Å². The third-order valence-corrected chi connectivity index (χ3v) is 6.77. The normalized spacial score (nSPS) is 8.32. The fourth-order valence-electron chi connectivity index (χ4n) is 2.56. The molecule has 5 nitrogen and oxygen atoms in total. The summed E-state index contributed by atoms with van der Waals surface area (Å²) >= 11 is 14.4. The van der Waals surface area contributed by atoms with E-state index in [0.717, 1.165) is 10.1 Å². The first-order valence-corrected chi connectivity index (χ1v) is 23.6. The number of hydrogen-bond acceptors (Lipinski definition) is 10. The molecule has 0 amide bonds. The quantitative estimate of drug-likeness (QED) is 0.0676. The molecule has 0 atom stereocenters. The molecule has 12 heteroatoms. The summed E-state index contributed by atoms with van der Waals surface area (Å²) in [4.78, 5) is 23.4. The van der Waals surface area contributed by atoms with E-state index in [0.29, 0.717) is 22.0 Å². The zero-order valence-corrected chi connectivity index (χ0v) is 30.3. The van der Waals surface area contributed by atoms with Crippen LogP contribution in [0.2, 0.25) is 0 Å². The van der Waals surface area contributed by atoms with Crippen LogP contribution in [0.4, 0.5) is 0 Å². The summed E-state index contributed by atoms with van der Waals surface area (Å²) in [6.07, 6.45) is 0. The summed E-state index contributed by atoms with van der Waals surface area (Å²) in [6, 6.07) is 34.1. The maximum absolute atomic E-state index is 11.8. The van der Waals surface area contributed by atoms with Crippen molar-refractivity contribution in [1.82, 2.24) is 0 Å². The van der Waals surface area contributed by atoms with Crippen LogP contribution in [-0.4, -0.2) is 54.7 Å². The van der Waals surface area contributed by atoms with Crippen molar-refractivity contribution in [1.29, 1.82) is 5.26 Å². The number of carbonyl (C=O) groups excluding carboxylic acids is 1. The van der Waals surface area contributed by atoms with E-state index >= 15 is 0 Å². The summed E-state index contributed by atoms with van der Waals surface area (Å²) in [7, 11) is 2.85. The van der Waals surface area contributed by atoms with Crippen LogP contribution in [-0.2, 0) is 22.4 Å². The number of rotatable bonds is 2. The van der Waals surface area contributed by atoms with E-state index < -0.39 is 5.97 Å². The molecule has 4 aromatic carbocycles. The molecule has 0 aliphatic carbocycles.